The molecule has 0 bridgehead atoms. The Hall–Kier alpha value is -1.12. The Morgan fingerprint density at radius 1 is 1.15 bits per heavy atom. The third-order valence-electron chi connectivity index (χ3n) is 3.93. The molecule has 4 nitrogen and oxygen atoms in total. The van der Waals surface area contributed by atoms with Crippen LogP contribution < -0.4 is 10.6 Å². The first-order valence-electron chi connectivity index (χ1n) is 8.83. The number of ether oxygens (including phenoxy) is 1. The smallest absolute Gasteiger partial charge is 0.191 e. The highest BCUT2D eigenvalue weighted by molar-refractivity contribution is 14.0. The summed E-state index contributed by atoms with van der Waals surface area (Å²) in [6, 6.07) is 12.8. The van der Waals surface area contributed by atoms with Crippen molar-refractivity contribution in [1.29, 1.82) is 0 Å². The number of hydrogen-bond donors (Lipinski definition) is 2. The van der Waals surface area contributed by atoms with Crippen molar-refractivity contribution in [2.24, 2.45) is 10.9 Å². The highest BCUT2D eigenvalue weighted by Crippen LogP contribution is 2.13. The quantitative estimate of drug-likeness (QED) is 0.312. The number of guanidine groups is 1. The van der Waals surface area contributed by atoms with Gasteiger partial charge in [-0.1, -0.05) is 37.3 Å². The second kappa shape index (κ2) is 13.1. The largest absolute Gasteiger partial charge is 0.377 e. The van der Waals surface area contributed by atoms with E-state index in [-0.39, 0.29) is 24.0 Å². The number of nitrogens with zero attached hydrogens (tertiary/aromatic N) is 1. The molecule has 26 heavy (non-hydrogen) atoms. The first kappa shape index (κ1) is 22.9. The average Bonchev–Trinajstić information content (AvgIpc) is 3.14. The summed E-state index contributed by atoms with van der Waals surface area (Å²) in [5.74, 6) is 1.41. The van der Waals surface area contributed by atoms with Gasteiger partial charge in [0.2, 0.25) is 0 Å². The minimum atomic E-state index is 0. The summed E-state index contributed by atoms with van der Waals surface area (Å²) >= 11 is 1.82. The lowest BCUT2D eigenvalue weighted by atomic mass is 10.1. The van der Waals surface area contributed by atoms with Crippen molar-refractivity contribution in [1.82, 2.24) is 10.6 Å². The maximum Gasteiger partial charge on any atom is 0.191 e. The van der Waals surface area contributed by atoms with Crippen molar-refractivity contribution < 1.29 is 4.74 Å². The number of halogens is 1. The Balaban J connectivity index is 0.00000338. The SMILES string of the molecule is CCOCc1ccc(CNC(=NC)NCC(C)Cc2cccs2)cc1.I. The van der Waals surface area contributed by atoms with Crippen molar-refractivity contribution >= 4 is 41.3 Å². The fourth-order valence-electron chi connectivity index (χ4n) is 2.49. The summed E-state index contributed by atoms with van der Waals surface area (Å²) in [6.45, 7) is 7.36. The van der Waals surface area contributed by atoms with Gasteiger partial charge in [0.15, 0.2) is 5.96 Å². The number of aliphatic imine (C=N–C) groups is 1. The van der Waals surface area contributed by atoms with E-state index in [0.29, 0.717) is 12.5 Å². The Morgan fingerprint density at radius 3 is 2.50 bits per heavy atom. The zero-order chi connectivity index (χ0) is 17.9. The van der Waals surface area contributed by atoms with E-state index in [4.69, 9.17) is 4.74 Å². The Morgan fingerprint density at radius 2 is 1.88 bits per heavy atom. The molecule has 0 saturated carbocycles. The predicted octanol–water partition coefficient (Wildman–Crippen LogP) is 4.45. The molecule has 6 heteroatoms. The van der Waals surface area contributed by atoms with Gasteiger partial charge < -0.3 is 15.4 Å². The molecule has 0 spiro atoms. The second-order valence-electron chi connectivity index (χ2n) is 6.15. The normalized spacial score (nSPS) is 12.3. The monoisotopic (exact) mass is 487 g/mol. The van der Waals surface area contributed by atoms with Crippen LogP contribution >= 0.6 is 35.3 Å². The van der Waals surface area contributed by atoms with Crippen LogP contribution in [0.2, 0.25) is 0 Å². The average molecular weight is 487 g/mol. The topological polar surface area (TPSA) is 45.6 Å². The summed E-state index contributed by atoms with van der Waals surface area (Å²) in [6.07, 6.45) is 1.10. The second-order valence-corrected chi connectivity index (χ2v) is 7.18. The lowest BCUT2D eigenvalue weighted by Gasteiger charge is -2.16. The first-order chi connectivity index (χ1) is 12.2. The summed E-state index contributed by atoms with van der Waals surface area (Å²) < 4.78 is 5.42. The molecule has 0 radical (unpaired) electrons. The molecule has 1 heterocycles. The molecule has 2 aromatic rings. The number of rotatable bonds is 9. The van der Waals surface area contributed by atoms with E-state index in [9.17, 15) is 0 Å². The molecule has 2 rings (SSSR count). The van der Waals surface area contributed by atoms with E-state index in [2.05, 4.69) is 64.3 Å². The standard InChI is InChI=1S/C20H29N3OS.HI/c1-4-24-15-18-9-7-17(8-10-18)14-23-20(21-3)22-13-16(2)12-19-6-5-11-25-19;/h5-11,16H,4,12-15H2,1-3H3,(H2,21,22,23);1H. The van der Waals surface area contributed by atoms with Gasteiger partial charge in [0, 0.05) is 31.6 Å². The van der Waals surface area contributed by atoms with Crippen LogP contribution in [0, 0.1) is 5.92 Å². The van der Waals surface area contributed by atoms with Crippen molar-refractivity contribution in [2.45, 2.75) is 33.4 Å². The number of hydrogen-bond acceptors (Lipinski definition) is 3. The zero-order valence-corrected chi connectivity index (χ0v) is 19.0. The van der Waals surface area contributed by atoms with E-state index in [1.807, 2.05) is 25.3 Å². The fraction of sp³-hybridized carbons (Fsp3) is 0.450. The molecule has 0 aliphatic carbocycles. The Kier molecular flexibility index (Phi) is 11.6. The van der Waals surface area contributed by atoms with E-state index >= 15 is 0 Å². The molecule has 1 unspecified atom stereocenters. The molecular weight excluding hydrogens is 457 g/mol. The Labute approximate surface area is 178 Å². The van der Waals surface area contributed by atoms with Crippen LogP contribution in [0.1, 0.15) is 29.9 Å². The summed E-state index contributed by atoms with van der Waals surface area (Å²) in [5, 5.41) is 8.92. The maximum atomic E-state index is 5.42. The van der Waals surface area contributed by atoms with Gasteiger partial charge in [-0.25, -0.2) is 0 Å². The fourth-order valence-corrected chi connectivity index (χ4v) is 3.36. The van der Waals surface area contributed by atoms with Crippen molar-refractivity contribution in [3.63, 3.8) is 0 Å². The highest BCUT2D eigenvalue weighted by atomic mass is 127. The van der Waals surface area contributed by atoms with Gasteiger partial charge in [-0.2, -0.15) is 0 Å². The molecule has 2 N–H and O–H groups in total. The van der Waals surface area contributed by atoms with Crippen LogP contribution in [0.3, 0.4) is 0 Å². The minimum Gasteiger partial charge on any atom is -0.377 e. The molecule has 1 aromatic heterocycles. The Bertz CT molecular complexity index is 629. The van der Waals surface area contributed by atoms with E-state index in [1.165, 1.54) is 16.0 Å². The molecule has 0 amide bonds. The van der Waals surface area contributed by atoms with Crippen LogP contribution in [-0.2, 0) is 24.3 Å². The molecule has 0 fully saturated rings. The lowest BCUT2D eigenvalue weighted by molar-refractivity contribution is 0.134. The molecule has 144 valence electrons. The lowest BCUT2D eigenvalue weighted by Crippen LogP contribution is -2.39. The van der Waals surface area contributed by atoms with E-state index < -0.39 is 0 Å². The molecule has 1 aromatic carbocycles. The van der Waals surface area contributed by atoms with E-state index in [0.717, 1.165) is 32.1 Å². The van der Waals surface area contributed by atoms with Crippen LogP contribution in [-0.4, -0.2) is 26.2 Å². The van der Waals surface area contributed by atoms with Crippen molar-refractivity contribution in [2.75, 3.05) is 20.2 Å². The van der Waals surface area contributed by atoms with Crippen LogP contribution in [0.4, 0.5) is 0 Å². The summed E-state index contributed by atoms with van der Waals surface area (Å²) in [4.78, 5) is 5.74. The van der Waals surface area contributed by atoms with Crippen LogP contribution in [0.5, 0.6) is 0 Å². The van der Waals surface area contributed by atoms with Crippen molar-refractivity contribution in [3.8, 4) is 0 Å². The predicted molar refractivity (Wildman–Crippen MR) is 123 cm³/mol. The number of benzene rings is 1. The number of thiophene rings is 1. The molecule has 0 aliphatic heterocycles. The molecular formula is C20H30IN3OS. The van der Waals surface area contributed by atoms with Crippen LogP contribution in [0.15, 0.2) is 46.8 Å². The minimum absolute atomic E-state index is 0. The third-order valence-corrected chi connectivity index (χ3v) is 4.83. The van der Waals surface area contributed by atoms with Crippen molar-refractivity contribution in [3.05, 3.63) is 57.8 Å². The summed E-state index contributed by atoms with van der Waals surface area (Å²) in [5.41, 5.74) is 2.44. The van der Waals surface area contributed by atoms with Gasteiger partial charge in [0.05, 0.1) is 6.61 Å². The van der Waals surface area contributed by atoms with E-state index in [1.54, 1.807) is 0 Å². The van der Waals surface area contributed by atoms with Gasteiger partial charge in [0.1, 0.15) is 0 Å². The maximum absolute atomic E-state index is 5.42. The van der Waals surface area contributed by atoms with Gasteiger partial charge in [0.25, 0.3) is 0 Å². The van der Waals surface area contributed by atoms with Gasteiger partial charge in [-0.15, -0.1) is 35.3 Å². The van der Waals surface area contributed by atoms with Crippen LogP contribution in [0.25, 0.3) is 0 Å². The van der Waals surface area contributed by atoms with Gasteiger partial charge >= 0.3 is 0 Å². The summed E-state index contributed by atoms with van der Waals surface area (Å²) in [7, 11) is 1.81. The zero-order valence-electron chi connectivity index (χ0n) is 15.8. The first-order valence-corrected chi connectivity index (χ1v) is 9.71. The molecule has 1 atom stereocenters. The highest BCUT2D eigenvalue weighted by Gasteiger charge is 2.06. The van der Waals surface area contributed by atoms with Gasteiger partial charge in [-0.05, 0) is 41.8 Å². The molecule has 0 saturated heterocycles. The van der Waals surface area contributed by atoms with Gasteiger partial charge in [-0.3, -0.25) is 4.99 Å². The third kappa shape index (κ3) is 8.51. The molecule has 0 aliphatic rings. The number of nitrogens with one attached hydrogen (secondary N) is 2.